The van der Waals surface area contributed by atoms with Crippen molar-refractivity contribution in [3.63, 3.8) is 0 Å². The molecule has 0 aliphatic heterocycles. The van der Waals surface area contributed by atoms with E-state index < -0.39 is 0 Å². The van der Waals surface area contributed by atoms with Gasteiger partial charge in [-0.3, -0.25) is 4.79 Å². The minimum absolute atomic E-state index is 0.271. The Bertz CT molecular complexity index is 995. The number of benzene rings is 1. The van der Waals surface area contributed by atoms with Gasteiger partial charge < -0.3 is 20.7 Å². The number of halogens is 2. The third-order valence-electron chi connectivity index (χ3n) is 3.81. The number of aryl methyl sites for hydroxylation is 1. The highest BCUT2D eigenvalue weighted by Crippen LogP contribution is 2.30. The van der Waals surface area contributed by atoms with Gasteiger partial charge in [-0.25, -0.2) is 4.98 Å². The molecular weight excluding hydrogens is 433 g/mol. The summed E-state index contributed by atoms with van der Waals surface area (Å²) in [7, 11) is 1.63. The van der Waals surface area contributed by atoms with Crippen LogP contribution < -0.4 is 20.7 Å². The first-order valence-corrected chi connectivity index (χ1v) is 10.3. The van der Waals surface area contributed by atoms with E-state index in [0.717, 1.165) is 28.5 Å². The highest BCUT2D eigenvalue weighted by molar-refractivity contribution is 7.20. The van der Waals surface area contributed by atoms with E-state index in [9.17, 15) is 4.79 Å². The number of carbonyl (C=O) groups is 1. The molecular formula is C19H19Cl2N5O2S. The van der Waals surface area contributed by atoms with Crippen molar-refractivity contribution in [2.75, 3.05) is 30.8 Å². The number of hydrogen-bond acceptors (Lipinski definition) is 7. The minimum Gasteiger partial charge on any atom is -0.497 e. The van der Waals surface area contributed by atoms with Crippen LogP contribution in [0.25, 0.3) is 0 Å². The molecule has 3 rings (SSSR count). The predicted molar refractivity (Wildman–Crippen MR) is 118 cm³/mol. The van der Waals surface area contributed by atoms with E-state index >= 15 is 0 Å². The monoisotopic (exact) mass is 451 g/mol. The SMILES string of the molecule is COc1ccc(Nc2cc(C)nc(NCCNC(=O)c3cc(Cl)sc3Cl)n2)cc1. The van der Waals surface area contributed by atoms with Crippen LogP contribution in [0.5, 0.6) is 5.75 Å². The van der Waals surface area contributed by atoms with Crippen LogP contribution >= 0.6 is 34.5 Å². The molecule has 2 heterocycles. The smallest absolute Gasteiger partial charge is 0.253 e. The zero-order valence-corrected chi connectivity index (χ0v) is 18.1. The molecule has 2 aromatic heterocycles. The van der Waals surface area contributed by atoms with Crippen LogP contribution in [0.3, 0.4) is 0 Å². The van der Waals surface area contributed by atoms with Gasteiger partial charge in [0.25, 0.3) is 5.91 Å². The topological polar surface area (TPSA) is 88.2 Å². The second kappa shape index (κ2) is 9.78. The summed E-state index contributed by atoms with van der Waals surface area (Å²) in [5.74, 6) is 1.64. The molecule has 0 atom stereocenters. The first kappa shape index (κ1) is 21.2. The highest BCUT2D eigenvalue weighted by Gasteiger charge is 2.13. The van der Waals surface area contributed by atoms with Gasteiger partial charge >= 0.3 is 0 Å². The lowest BCUT2D eigenvalue weighted by molar-refractivity contribution is 0.0955. The quantitative estimate of drug-likeness (QED) is 0.428. The average Bonchev–Trinajstić information content (AvgIpc) is 3.03. The van der Waals surface area contributed by atoms with Crippen molar-refractivity contribution in [3.05, 3.63) is 56.3 Å². The molecule has 3 aromatic rings. The lowest BCUT2D eigenvalue weighted by Gasteiger charge is -2.11. The molecule has 3 N–H and O–H groups in total. The van der Waals surface area contributed by atoms with Crippen molar-refractivity contribution in [1.82, 2.24) is 15.3 Å². The number of nitrogens with one attached hydrogen (secondary N) is 3. The number of nitrogens with zero attached hydrogens (tertiary/aromatic N) is 2. The minimum atomic E-state index is -0.271. The Labute approximate surface area is 182 Å². The number of aromatic nitrogens is 2. The summed E-state index contributed by atoms with van der Waals surface area (Å²) in [4.78, 5) is 20.9. The number of amides is 1. The van der Waals surface area contributed by atoms with Gasteiger partial charge in [0.15, 0.2) is 0 Å². The summed E-state index contributed by atoms with van der Waals surface area (Å²) in [5.41, 5.74) is 2.06. The molecule has 0 aliphatic carbocycles. The summed E-state index contributed by atoms with van der Waals surface area (Å²) in [6.45, 7) is 2.71. The number of anilines is 3. The molecule has 0 unspecified atom stereocenters. The molecule has 0 radical (unpaired) electrons. The molecule has 0 aliphatic rings. The number of rotatable bonds is 8. The van der Waals surface area contributed by atoms with Gasteiger partial charge in [-0.2, -0.15) is 4.98 Å². The van der Waals surface area contributed by atoms with Gasteiger partial charge in [-0.1, -0.05) is 23.2 Å². The summed E-state index contributed by atoms with van der Waals surface area (Å²) in [6.07, 6.45) is 0. The van der Waals surface area contributed by atoms with E-state index in [2.05, 4.69) is 25.9 Å². The maximum Gasteiger partial charge on any atom is 0.253 e. The Morgan fingerprint density at radius 2 is 1.90 bits per heavy atom. The molecule has 152 valence electrons. The van der Waals surface area contributed by atoms with Crippen molar-refractivity contribution in [2.45, 2.75) is 6.92 Å². The second-order valence-electron chi connectivity index (χ2n) is 5.99. The van der Waals surface area contributed by atoms with E-state index in [-0.39, 0.29) is 5.91 Å². The first-order valence-electron chi connectivity index (χ1n) is 8.68. The number of thiophene rings is 1. The third-order valence-corrected chi connectivity index (χ3v) is 5.30. The number of hydrogen-bond donors (Lipinski definition) is 3. The Hall–Kier alpha value is -2.55. The fraction of sp³-hybridized carbons (Fsp3) is 0.211. The summed E-state index contributed by atoms with van der Waals surface area (Å²) < 4.78 is 6.01. The molecule has 0 fully saturated rings. The fourth-order valence-corrected chi connectivity index (χ4v) is 3.93. The van der Waals surface area contributed by atoms with Gasteiger partial charge in [0.1, 0.15) is 15.9 Å². The average molecular weight is 452 g/mol. The van der Waals surface area contributed by atoms with Gasteiger partial charge in [0.05, 0.1) is 17.0 Å². The van der Waals surface area contributed by atoms with Crippen LogP contribution in [0, 0.1) is 6.92 Å². The molecule has 29 heavy (non-hydrogen) atoms. The lowest BCUT2D eigenvalue weighted by Crippen LogP contribution is -2.29. The summed E-state index contributed by atoms with van der Waals surface area (Å²) in [6, 6.07) is 10.9. The molecule has 7 nitrogen and oxygen atoms in total. The molecule has 1 amide bonds. The van der Waals surface area contributed by atoms with Crippen molar-refractivity contribution >= 4 is 57.9 Å². The predicted octanol–water partition coefficient (Wildman–Crippen LogP) is 4.75. The van der Waals surface area contributed by atoms with E-state index in [1.165, 1.54) is 0 Å². The van der Waals surface area contributed by atoms with Gasteiger partial charge in [0.2, 0.25) is 5.95 Å². The maximum atomic E-state index is 12.1. The van der Waals surface area contributed by atoms with Crippen molar-refractivity contribution in [1.29, 1.82) is 0 Å². The van der Waals surface area contributed by atoms with E-state index in [1.807, 2.05) is 37.3 Å². The lowest BCUT2D eigenvalue weighted by atomic mass is 10.3. The number of methoxy groups -OCH3 is 1. The maximum absolute atomic E-state index is 12.1. The van der Waals surface area contributed by atoms with Crippen LogP contribution in [-0.2, 0) is 0 Å². The third kappa shape index (κ3) is 5.96. The van der Waals surface area contributed by atoms with Crippen LogP contribution in [0.4, 0.5) is 17.5 Å². The molecule has 0 saturated carbocycles. The zero-order valence-electron chi connectivity index (χ0n) is 15.8. The van der Waals surface area contributed by atoms with E-state index in [4.69, 9.17) is 27.9 Å². The molecule has 1 aromatic carbocycles. The Balaban J connectivity index is 1.54. The van der Waals surface area contributed by atoms with Crippen LogP contribution in [-0.4, -0.2) is 36.1 Å². The van der Waals surface area contributed by atoms with Gasteiger partial charge in [-0.15, -0.1) is 11.3 Å². The first-order chi connectivity index (χ1) is 13.9. The standard InChI is InChI=1S/C19H19Cl2N5O2S/c1-11-9-16(25-12-3-5-13(28-2)6-4-12)26-19(24-11)23-8-7-22-18(27)14-10-15(20)29-17(14)21/h3-6,9-10H,7-8H2,1-2H3,(H,22,27)(H2,23,24,25,26). The van der Waals surface area contributed by atoms with Crippen molar-refractivity contribution in [2.24, 2.45) is 0 Å². The van der Waals surface area contributed by atoms with Gasteiger partial charge in [-0.05, 0) is 37.3 Å². The molecule has 0 spiro atoms. The number of ether oxygens (including phenoxy) is 1. The summed E-state index contributed by atoms with van der Waals surface area (Å²) in [5, 5.41) is 9.12. The molecule has 0 bridgehead atoms. The highest BCUT2D eigenvalue weighted by atomic mass is 35.5. The number of carbonyl (C=O) groups excluding carboxylic acids is 1. The van der Waals surface area contributed by atoms with Crippen LogP contribution in [0.15, 0.2) is 36.4 Å². The Morgan fingerprint density at radius 3 is 2.55 bits per heavy atom. The second-order valence-corrected chi connectivity index (χ2v) is 8.28. The molecule has 10 heteroatoms. The largest absolute Gasteiger partial charge is 0.497 e. The van der Waals surface area contributed by atoms with E-state index in [0.29, 0.717) is 39.1 Å². The van der Waals surface area contributed by atoms with Gasteiger partial charge in [0, 0.05) is 30.5 Å². The normalized spacial score (nSPS) is 10.5. The Kier molecular flexibility index (Phi) is 7.13. The fourth-order valence-electron chi connectivity index (χ4n) is 2.47. The Morgan fingerprint density at radius 1 is 1.14 bits per heavy atom. The summed E-state index contributed by atoms with van der Waals surface area (Å²) >= 11 is 13.0. The van der Waals surface area contributed by atoms with Crippen molar-refractivity contribution in [3.8, 4) is 5.75 Å². The van der Waals surface area contributed by atoms with Crippen LogP contribution in [0.2, 0.25) is 8.67 Å². The van der Waals surface area contributed by atoms with Crippen molar-refractivity contribution < 1.29 is 9.53 Å². The van der Waals surface area contributed by atoms with E-state index in [1.54, 1.807) is 13.2 Å². The van der Waals surface area contributed by atoms with Crippen LogP contribution in [0.1, 0.15) is 16.1 Å². The zero-order chi connectivity index (χ0) is 20.8. The molecule has 0 saturated heterocycles.